The van der Waals surface area contributed by atoms with Crippen LogP contribution in [0.1, 0.15) is 94.9 Å². The second-order valence-corrected chi connectivity index (χ2v) is 11.0. The first kappa shape index (κ1) is 26.7. The highest BCUT2D eigenvalue weighted by Gasteiger charge is 2.20. The van der Waals surface area contributed by atoms with Crippen molar-refractivity contribution in [3.05, 3.63) is 12.2 Å². The van der Waals surface area contributed by atoms with Crippen molar-refractivity contribution in [3.8, 4) is 0 Å². The number of esters is 2. The molecule has 0 aromatic carbocycles. The molecule has 0 bridgehead atoms. The number of rotatable bonds is 10. The average molecular weight is 397 g/mol. The zero-order valence-electron chi connectivity index (χ0n) is 19.9. The SMILES string of the molecule is CC(CC(C)OC(=O)/C=C/C(=O)OC(C)CC(C)CC(C)(C)C)CC(C)(C)C. The van der Waals surface area contributed by atoms with Crippen molar-refractivity contribution in [2.75, 3.05) is 0 Å². The van der Waals surface area contributed by atoms with Crippen LogP contribution in [0.2, 0.25) is 0 Å². The summed E-state index contributed by atoms with van der Waals surface area (Å²) in [5.41, 5.74) is 0.516. The normalized spacial score (nSPS) is 17.1. The summed E-state index contributed by atoms with van der Waals surface area (Å²) in [6, 6.07) is 0. The van der Waals surface area contributed by atoms with Crippen molar-refractivity contribution in [2.24, 2.45) is 22.7 Å². The summed E-state index contributed by atoms with van der Waals surface area (Å²) in [4.78, 5) is 23.9. The predicted molar refractivity (Wildman–Crippen MR) is 116 cm³/mol. The fraction of sp³-hybridized carbons (Fsp3) is 0.833. The van der Waals surface area contributed by atoms with Gasteiger partial charge in [-0.2, -0.15) is 0 Å². The Balaban J connectivity index is 4.30. The molecule has 0 aliphatic carbocycles. The van der Waals surface area contributed by atoms with Crippen LogP contribution in [0.5, 0.6) is 0 Å². The van der Waals surface area contributed by atoms with E-state index in [0.29, 0.717) is 11.8 Å². The molecule has 0 spiro atoms. The van der Waals surface area contributed by atoms with E-state index in [1.54, 1.807) is 0 Å². The quantitative estimate of drug-likeness (QED) is 0.320. The molecule has 0 radical (unpaired) electrons. The van der Waals surface area contributed by atoms with Crippen LogP contribution in [0.15, 0.2) is 12.2 Å². The zero-order chi connectivity index (χ0) is 22.1. The number of hydrogen-bond acceptors (Lipinski definition) is 4. The van der Waals surface area contributed by atoms with E-state index in [-0.39, 0.29) is 23.0 Å². The van der Waals surface area contributed by atoms with E-state index in [1.165, 1.54) is 12.2 Å². The molecular weight excluding hydrogens is 352 g/mol. The van der Waals surface area contributed by atoms with Crippen LogP contribution in [0, 0.1) is 22.7 Å². The van der Waals surface area contributed by atoms with Gasteiger partial charge in [0, 0.05) is 12.2 Å². The van der Waals surface area contributed by atoms with Gasteiger partial charge in [0.05, 0.1) is 12.2 Å². The Bertz CT molecular complexity index is 462. The van der Waals surface area contributed by atoms with Crippen molar-refractivity contribution in [2.45, 2.75) is 107 Å². The number of carbonyl (C=O) groups is 2. The Kier molecular flexibility index (Phi) is 11.1. The van der Waals surface area contributed by atoms with E-state index in [0.717, 1.165) is 25.7 Å². The van der Waals surface area contributed by atoms with Crippen LogP contribution < -0.4 is 0 Å². The molecular formula is C24H44O4. The Labute approximate surface area is 173 Å². The van der Waals surface area contributed by atoms with Gasteiger partial charge in [-0.15, -0.1) is 0 Å². The maximum atomic E-state index is 11.9. The second-order valence-electron chi connectivity index (χ2n) is 11.0. The fourth-order valence-corrected chi connectivity index (χ4v) is 4.10. The summed E-state index contributed by atoms with van der Waals surface area (Å²) < 4.78 is 10.8. The van der Waals surface area contributed by atoms with Gasteiger partial charge in [-0.1, -0.05) is 55.4 Å². The second kappa shape index (κ2) is 11.6. The molecule has 0 aliphatic heterocycles. The van der Waals surface area contributed by atoms with Gasteiger partial charge in [0.1, 0.15) is 0 Å². The van der Waals surface area contributed by atoms with Crippen LogP contribution in [-0.4, -0.2) is 24.1 Å². The van der Waals surface area contributed by atoms with Crippen LogP contribution in [0.25, 0.3) is 0 Å². The molecule has 4 nitrogen and oxygen atoms in total. The van der Waals surface area contributed by atoms with Gasteiger partial charge in [-0.05, 0) is 62.2 Å². The third kappa shape index (κ3) is 15.7. The molecule has 0 aromatic heterocycles. The van der Waals surface area contributed by atoms with Gasteiger partial charge < -0.3 is 9.47 Å². The molecule has 0 rings (SSSR count). The van der Waals surface area contributed by atoms with Gasteiger partial charge >= 0.3 is 11.9 Å². The van der Waals surface area contributed by atoms with Crippen LogP contribution in [0.4, 0.5) is 0 Å². The Hall–Kier alpha value is -1.32. The van der Waals surface area contributed by atoms with Crippen LogP contribution in [0.3, 0.4) is 0 Å². The lowest BCUT2D eigenvalue weighted by Gasteiger charge is -2.25. The molecule has 164 valence electrons. The highest BCUT2D eigenvalue weighted by Crippen LogP contribution is 2.28. The van der Waals surface area contributed by atoms with E-state index in [1.807, 2.05) is 13.8 Å². The molecule has 4 atom stereocenters. The Morgan fingerprint density at radius 2 is 0.964 bits per heavy atom. The molecule has 4 heteroatoms. The first-order valence-corrected chi connectivity index (χ1v) is 10.7. The molecule has 0 aromatic rings. The topological polar surface area (TPSA) is 52.6 Å². The molecule has 0 aliphatic rings. The Morgan fingerprint density at radius 1 is 0.679 bits per heavy atom. The lowest BCUT2D eigenvalue weighted by molar-refractivity contribution is -0.145. The smallest absolute Gasteiger partial charge is 0.331 e. The van der Waals surface area contributed by atoms with Crippen molar-refractivity contribution in [3.63, 3.8) is 0 Å². The van der Waals surface area contributed by atoms with Crippen molar-refractivity contribution in [1.82, 2.24) is 0 Å². The van der Waals surface area contributed by atoms with Gasteiger partial charge in [-0.3, -0.25) is 0 Å². The summed E-state index contributed by atoms with van der Waals surface area (Å²) in [6.45, 7) is 21.4. The van der Waals surface area contributed by atoms with E-state index >= 15 is 0 Å². The molecule has 0 saturated heterocycles. The average Bonchev–Trinajstić information content (AvgIpc) is 2.39. The monoisotopic (exact) mass is 396 g/mol. The molecule has 0 heterocycles. The third-order valence-corrected chi connectivity index (χ3v) is 4.38. The predicted octanol–water partition coefficient (Wildman–Crippen LogP) is 6.33. The largest absolute Gasteiger partial charge is 0.460 e. The maximum absolute atomic E-state index is 11.9. The van der Waals surface area contributed by atoms with Crippen molar-refractivity contribution >= 4 is 11.9 Å². The minimum Gasteiger partial charge on any atom is -0.460 e. The summed E-state index contributed by atoms with van der Waals surface area (Å²) in [5.74, 6) is -0.0670. The van der Waals surface area contributed by atoms with E-state index in [4.69, 9.17) is 9.47 Å². The summed E-state index contributed by atoms with van der Waals surface area (Å²) in [5, 5.41) is 0. The van der Waals surface area contributed by atoms with Crippen LogP contribution >= 0.6 is 0 Å². The lowest BCUT2D eigenvalue weighted by atomic mass is 9.83. The van der Waals surface area contributed by atoms with Gasteiger partial charge in [0.15, 0.2) is 0 Å². The molecule has 0 N–H and O–H groups in total. The van der Waals surface area contributed by atoms with E-state index < -0.39 is 11.9 Å². The summed E-state index contributed by atoms with van der Waals surface area (Å²) in [7, 11) is 0. The standard InChI is InChI=1S/C24H44O4/c1-17(15-23(5,6)7)13-19(3)27-21(25)11-12-22(26)28-20(4)14-18(2)16-24(8,9)10/h11-12,17-20H,13-16H2,1-10H3/b12-11+. The first-order valence-electron chi connectivity index (χ1n) is 10.7. The minimum absolute atomic E-state index is 0.178. The molecule has 4 unspecified atom stereocenters. The van der Waals surface area contributed by atoms with E-state index in [9.17, 15) is 9.59 Å². The highest BCUT2D eigenvalue weighted by atomic mass is 16.5. The minimum atomic E-state index is -0.499. The van der Waals surface area contributed by atoms with Crippen molar-refractivity contribution in [1.29, 1.82) is 0 Å². The van der Waals surface area contributed by atoms with Crippen molar-refractivity contribution < 1.29 is 19.1 Å². The zero-order valence-corrected chi connectivity index (χ0v) is 19.9. The molecule has 0 saturated carbocycles. The molecule has 0 fully saturated rings. The van der Waals surface area contributed by atoms with E-state index in [2.05, 4.69) is 55.4 Å². The third-order valence-electron chi connectivity index (χ3n) is 4.38. The number of ether oxygens (including phenoxy) is 2. The van der Waals surface area contributed by atoms with Gasteiger partial charge in [0.2, 0.25) is 0 Å². The maximum Gasteiger partial charge on any atom is 0.331 e. The van der Waals surface area contributed by atoms with Gasteiger partial charge in [0.25, 0.3) is 0 Å². The Morgan fingerprint density at radius 3 is 1.21 bits per heavy atom. The molecule has 0 amide bonds. The summed E-state index contributed by atoms with van der Waals surface area (Å²) >= 11 is 0. The van der Waals surface area contributed by atoms with Crippen LogP contribution in [-0.2, 0) is 19.1 Å². The van der Waals surface area contributed by atoms with Gasteiger partial charge in [-0.25, -0.2) is 9.59 Å². The first-order chi connectivity index (χ1) is 12.6. The lowest BCUT2D eigenvalue weighted by Crippen LogP contribution is -2.20. The molecule has 28 heavy (non-hydrogen) atoms. The summed E-state index contributed by atoms with van der Waals surface area (Å²) in [6.07, 6.45) is 5.74. The fourth-order valence-electron chi connectivity index (χ4n) is 4.10. The number of hydrogen-bond donors (Lipinski definition) is 0. The number of carbonyl (C=O) groups excluding carboxylic acids is 2. The highest BCUT2D eigenvalue weighted by molar-refractivity contribution is 5.91.